The number of nitrogens with one attached hydrogen (secondary N) is 1. The van der Waals surface area contributed by atoms with Crippen molar-refractivity contribution in [1.29, 1.82) is 0 Å². The molecule has 0 amide bonds. The van der Waals surface area contributed by atoms with Gasteiger partial charge < -0.3 is 15.0 Å². The van der Waals surface area contributed by atoms with Crippen LogP contribution in [-0.2, 0) is 4.74 Å². The molecule has 0 saturated carbocycles. The molecular formula is C13H17N5OS. The van der Waals surface area contributed by atoms with Crippen molar-refractivity contribution < 1.29 is 4.74 Å². The fourth-order valence-corrected chi connectivity index (χ4v) is 2.75. The standard InChI is InChI=1S/C13H17N5OS/c1-9-7-10(8-20-9)11-15-12(14-2)17-13(16-11)18-3-5-19-6-4-18/h7-8H,3-6H2,1-2H3,(H,14,15,16,17). The number of thiophene rings is 1. The summed E-state index contributed by atoms with van der Waals surface area (Å²) >= 11 is 1.70. The molecule has 1 N–H and O–H groups in total. The third kappa shape index (κ3) is 2.73. The highest BCUT2D eigenvalue weighted by atomic mass is 32.1. The summed E-state index contributed by atoms with van der Waals surface area (Å²) in [5.74, 6) is 2.03. The van der Waals surface area contributed by atoms with E-state index < -0.39 is 0 Å². The summed E-state index contributed by atoms with van der Waals surface area (Å²) < 4.78 is 5.37. The Morgan fingerprint density at radius 2 is 2.05 bits per heavy atom. The summed E-state index contributed by atoms with van der Waals surface area (Å²) in [6.07, 6.45) is 0. The Hall–Kier alpha value is -1.73. The number of aryl methyl sites for hydroxylation is 1. The first kappa shape index (κ1) is 13.3. The second kappa shape index (κ2) is 5.72. The first-order valence-corrected chi connectivity index (χ1v) is 7.46. The molecule has 2 aromatic rings. The molecule has 0 unspecified atom stereocenters. The average molecular weight is 291 g/mol. The van der Waals surface area contributed by atoms with Crippen molar-refractivity contribution in [1.82, 2.24) is 15.0 Å². The molecule has 1 fully saturated rings. The van der Waals surface area contributed by atoms with E-state index >= 15 is 0 Å². The van der Waals surface area contributed by atoms with Gasteiger partial charge in [0.1, 0.15) is 0 Å². The van der Waals surface area contributed by atoms with Crippen LogP contribution in [0.2, 0.25) is 0 Å². The molecule has 20 heavy (non-hydrogen) atoms. The van der Waals surface area contributed by atoms with E-state index in [1.54, 1.807) is 11.3 Å². The first-order chi connectivity index (χ1) is 9.76. The molecule has 0 spiro atoms. The fraction of sp³-hybridized carbons (Fsp3) is 0.462. The molecule has 3 heterocycles. The van der Waals surface area contributed by atoms with Crippen molar-refractivity contribution in [3.63, 3.8) is 0 Å². The van der Waals surface area contributed by atoms with Gasteiger partial charge in [-0.3, -0.25) is 0 Å². The number of hydrogen-bond donors (Lipinski definition) is 1. The molecule has 7 heteroatoms. The molecular weight excluding hydrogens is 274 g/mol. The van der Waals surface area contributed by atoms with Crippen LogP contribution in [0.4, 0.5) is 11.9 Å². The average Bonchev–Trinajstić information content (AvgIpc) is 2.94. The summed E-state index contributed by atoms with van der Waals surface area (Å²) in [6, 6.07) is 2.10. The van der Waals surface area contributed by atoms with Crippen LogP contribution in [0.3, 0.4) is 0 Å². The molecule has 6 nitrogen and oxygen atoms in total. The number of hydrogen-bond acceptors (Lipinski definition) is 7. The van der Waals surface area contributed by atoms with Crippen LogP contribution in [0.25, 0.3) is 11.4 Å². The van der Waals surface area contributed by atoms with Crippen LogP contribution in [0.5, 0.6) is 0 Å². The molecule has 0 aliphatic carbocycles. The third-order valence-corrected chi connectivity index (χ3v) is 3.99. The highest BCUT2D eigenvalue weighted by molar-refractivity contribution is 7.10. The lowest BCUT2D eigenvalue weighted by atomic mass is 10.3. The first-order valence-electron chi connectivity index (χ1n) is 6.58. The van der Waals surface area contributed by atoms with Crippen LogP contribution in [-0.4, -0.2) is 48.3 Å². The molecule has 2 aromatic heterocycles. The van der Waals surface area contributed by atoms with E-state index in [4.69, 9.17) is 4.74 Å². The van der Waals surface area contributed by atoms with Gasteiger partial charge in [0.2, 0.25) is 11.9 Å². The maximum Gasteiger partial charge on any atom is 0.230 e. The Kier molecular flexibility index (Phi) is 3.79. The van der Waals surface area contributed by atoms with E-state index in [0.717, 1.165) is 24.5 Å². The maximum atomic E-state index is 5.37. The maximum absolute atomic E-state index is 5.37. The Morgan fingerprint density at radius 1 is 1.25 bits per heavy atom. The third-order valence-electron chi connectivity index (χ3n) is 3.13. The summed E-state index contributed by atoms with van der Waals surface area (Å²) in [5, 5.41) is 5.08. The minimum atomic E-state index is 0.598. The topological polar surface area (TPSA) is 63.2 Å². The van der Waals surface area contributed by atoms with Crippen LogP contribution in [0, 0.1) is 6.92 Å². The highest BCUT2D eigenvalue weighted by Gasteiger charge is 2.17. The van der Waals surface area contributed by atoms with Gasteiger partial charge in [-0.15, -0.1) is 11.3 Å². The number of aromatic nitrogens is 3. The Morgan fingerprint density at radius 3 is 2.70 bits per heavy atom. The Labute approximate surface area is 121 Å². The fourth-order valence-electron chi connectivity index (χ4n) is 2.07. The van der Waals surface area contributed by atoms with Gasteiger partial charge in [0, 0.05) is 36.0 Å². The number of rotatable bonds is 3. The van der Waals surface area contributed by atoms with Gasteiger partial charge in [0.15, 0.2) is 5.82 Å². The summed E-state index contributed by atoms with van der Waals surface area (Å²) in [6.45, 7) is 5.14. The SMILES string of the molecule is CNc1nc(-c2csc(C)c2)nc(N2CCOCC2)n1. The van der Waals surface area contributed by atoms with Gasteiger partial charge in [-0.2, -0.15) is 15.0 Å². The van der Waals surface area contributed by atoms with E-state index in [-0.39, 0.29) is 0 Å². The lowest BCUT2D eigenvalue weighted by Crippen LogP contribution is -2.37. The smallest absolute Gasteiger partial charge is 0.230 e. The zero-order chi connectivity index (χ0) is 13.9. The summed E-state index contributed by atoms with van der Waals surface area (Å²) in [4.78, 5) is 16.9. The zero-order valence-electron chi connectivity index (χ0n) is 11.6. The van der Waals surface area contributed by atoms with Gasteiger partial charge >= 0.3 is 0 Å². The second-order valence-corrected chi connectivity index (χ2v) is 5.69. The normalized spacial score (nSPS) is 15.4. The van der Waals surface area contributed by atoms with Crippen LogP contribution in [0.15, 0.2) is 11.4 Å². The molecule has 1 aliphatic rings. The summed E-state index contributed by atoms with van der Waals surface area (Å²) in [5.41, 5.74) is 1.04. The van der Waals surface area contributed by atoms with E-state index in [2.05, 4.69) is 43.5 Å². The molecule has 0 bridgehead atoms. The predicted molar refractivity (Wildman–Crippen MR) is 80.5 cm³/mol. The van der Waals surface area contributed by atoms with Crippen molar-refractivity contribution in [2.45, 2.75) is 6.92 Å². The van der Waals surface area contributed by atoms with Gasteiger partial charge in [-0.1, -0.05) is 0 Å². The van der Waals surface area contributed by atoms with Crippen molar-refractivity contribution in [3.8, 4) is 11.4 Å². The van der Waals surface area contributed by atoms with Crippen LogP contribution in [0.1, 0.15) is 4.88 Å². The molecule has 1 aliphatic heterocycles. The monoisotopic (exact) mass is 291 g/mol. The van der Waals surface area contributed by atoms with E-state index in [0.29, 0.717) is 25.1 Å². The van der Waals surface area contributed by atoms with Crippen molar-refractivity contribution >= 4 is 23.2 Å². The Balaban J connectivity index is 1.97. The number of ether oxygens (including phenoxy) is 1. The van der Waals surface area contributed by atoms with E-state index in [1.807, 2.05) is 7.05 Å². The minimum absolute atomic E-state index is 0.598. The minimum Gasteiger partial charge on any atom is -0.378 e. The van der Waals surface area contributed by atoms with Gasteiger partial charge in [0.05, 0.1) is 13.2 Å². The van der Waals surface area contributed by atoms with Crippen LogP contribution < -0.4 is 10.2 Å². The lowest BCUT2D eigenvalue weighted by Gasteiger charge is -2.27. The van der Waals surface area contributed by atoms with Gasteiger partial charge in [-0.05, 0) is 13.0 Å². The van der Waals surface area contributed by atoms with Gasteiger partial charge in [-0.25, -0.2) is 0 Å². The predicted octanol–water partition coefficient (Wildman–Crippen LogP) is 1.79. The highest BCUT2D eigenvalue weighted by Crippen LogP contribution is 2.24. The van der Waals surface area contributed by atoms with E-state index in [9.17, 15) is 0 Å². The van der Waals surface area contributed by atoms with Crippen LogP contribution >= 0.6 is 11.3 Å². The second-order valence-electron chi connectivity index (χ2n) is 4.58. The van der Waals surface area contributed by atoms with Crippen molar-refractivity contribution in [2.24, 2.45) is 0 Å². The zero-order valence-corrected chi connectivity index (χ0v) is 12.4. The number of nitrogens with zero attached hydrogens (tertiary/aromatic N) is 4. The number of anilines is 2. The van der Waals surface area contributed by atoms with Gasteiger partial charge in [0.25, 0.3) is 0 Å². The van der Waals surface area contributed by atoms with Crippen molar-refractivity contribution in [3.05, 3.63) is 16.3 Å². The lowest BCUT2D eigenvalue weighted by molar-refractivity contribution is 0.122. The quantitative estimate of drug-likeness (QED) is 0.930. The molecule has 106 valence electrons. The van der Waals surface area contributed by atoms with E-state index in [1.165, 1.54) is 4.88 Å². The van der Waals surface area contributed by atoms with Crippen molar-refractivity contribution in [2.75, 3.05) is 43.6 Å². The molecule has 0 aromatic carbocycles. The molecule has 1 saturated heterocycles. The summed E-state index contributed by atoms with van der Waals surface area (Å²) in [7, 11) is 1.82. The Bertz CT molecular complexity index is 594. The molecule has 0 radical (unpaired) electrons. The molecule has 0 atom stereocenters. The largest absolute Gasteiger partial charge is 0.378 e. The number of morpholine rings is 1. The molecule has 3 rings (SSSR count).